The van der Waals surface area contributed by atoms with Crippen LogP contribution in [0.5, 0.6) is 0 Å². The Balaban J connectivity index is 1.44. The van der Waals surface area contributed by atoms with Crippen LogP contribution in [0.15, 0.2) is 84.6 Å². The zero-order chi connectivity index (χ0) is 25.2. The van der Waals surface area contributed by atoms with E-state index in [1.807, 2.05) is 66.7 Å². The minimum Gasteiger partial charge on any atom is -0.510 e. The summed E-state index contributed by atoms with van der Waals surface area (Å²) >= 11 is 0. The monoisotopic (exact) mass is 486 g/mol. The van der Waals surface area contributed by atoms with Gasteiger partial charge in [0.25, 0.3) is 0 Å². The van der Waals surface area contributed by atoms with Gasteiger partial charge in [-0.2, -0.15) is 0 Å². The highest BCUT2D eigenvalue weighted by Gasteiger charge is 2.41. The fraction of sp³-hybridized carbons (Fsp3) is 0.276. The van der Waals surface area contributed by atoms with Gasteiger partial charge in [-0.05, 0) is 40.3 Å². The highest BCUT2D eigenvalue weighted by molar-refractivity contribution is 5.72. The number of amides is 1. The van der Waals surface area contributed by atoms with E-state index in [1.165, 1.54) is 0 Å². The average molecular weight is 487 g/mol. The fourth-order valence-electron chi connectivity index (χ4n) is 5.50. The second-order valence-corrected chi connectivity index (χ2v) is 9.47. The SMILES string of the molecule is O=C(O)N(C1C(O)=Cc2ccccc21)[C@@H](Cc1ccccc1)[C@H](O)CN[C@@H]1c2ccccc2C[C@@H]1O. The second kappa shape index (κ2) is 10.1. The Morgan fingerprint density at radius 3 is 2.39 bits per heavy atom. The van der Waals surface area contributed by atoms with Crippen molar-refractivity contribution >= 4 is 12.2 Å². The number of aliphatic hydroxyl groups is 3. The smallest absolute Gasteiger partial charge is 0.408 e. The van der Waals surface area contributed by atoms with Crippen molar-refractivity contribution in [3.8, 4) is 0 Å². The number of nitrogens with zero attached hydrogens (tertiary/aromatic N) is 1. The molecule has 0 saturated heterocycles. The van der Waals surface area contributed by atoms with Gasteiger partial charge in [-0.15, -0.1) is 0 Å². The molecule has 0 saturated carbocycles. The Bertz CT molecular complexity index is 1260. The lowest BCUT2D eigenvalue weighted by Gasteiger charge is -2.38. The maximum Gasteiger partial charge on any atom is 0.408 e. The first-order chi connectivity index (χ1) is 17.4. The molecule has 2 aliphatic rings. The molecule has 0 fully saturated rings. The molecule has 186 valence electrons. The van der Waals surface area contributed by atoms with Crippen molar-refractivity contribution in [1.29, 1.82) is 0 Å². The number of nitrogens with one attached hydrogen (secondary N) is 1. The number of benzene rings is 3. The van der Waals surface area contributed by atoms with Crippen LogP contribution in [0.3, 0.4) is 0 Å². The standard InChI is InChI=1S/C29H30N2O5/c32-24-15-19-10-4-6-12-21(19)27(24)30-17-26(34)23(14-18-8-2-1-3-9-18)31(29(35)36)28-22-13-7-5-11-20(22)16-25(28)33/h1-13,16,23-24,26-28,30,32-34H,14-15,17H2,(H,35,36)/t23-,24-,26+,27+,28?/m0/s1. The van der Waals surface area contributed by atoms with Crippen molar-refractivity contribution in [1.82, 2.24) is 10.2 Å². The van der Waals surface area contributed by atoms with Crippen LogP contribution >= 0.6 is 0 Å². The Morgan fingerprint density at radius 1 is 0.972 bits per heavy atom. The third-order valence-electron chi connectivity index (χ3n) is 7.21. The Hall–Kier alpha value is -3.65. The molecule has 0 aromatic heterocycles. The first-order valence-electron chi connectivity index (χ1n) is 12.2. The molecule has 0 radical (unpaired) electrons. The number of carboxylic acid groups (broad SMARTS) is 1. The molecule has 1 unspecified atom stereocenters. The van der Waals surface area contributed by atoms with E-state index in [4.69, 9.17) is 0 Å². The average Bonchev–Trinajstić information content (AvgIpc) is 3.37. The summed E-state index contributed by atoms with van der Waals surface area (Å²) in [6.07, 6.45) is -0.621. The summed E-state index contributed by atoms with van der Waals surface area (Å²) in [5.41, 5.74) is 4.34. The van der Waals surface area contributed by atoms with Crippen LogP contribution < -0.4 is 5.32 Å². The molecule has 0 heterocycles. The summed E-state index contributed by atoms with van der Waals surface area (Å²) in [7, 11) is 0. The number of fused-ring (bicyclic) bond motifs is 2. The summed E-state index contributed by atoms with van der Waals surface area (Å²) < 4.78 is 0. The van der Waals surface area contributed by atoms with Crippen molar-refractivity contribution in [3.05, 3.63) is 112 Å². The lowest BCUT2D eigenvalue weighted by Crippen LogP contribution is -2.53. The van der Waals surface area contributed by atoms with Gasteiger partial charge < -0.3 is 25.7 Å². The normalized spacial score (nSPS) is 21.8. The van der Waals surface area contributed by atoms with E-state index < -0.39 is 30.4 Å². The summed E-state index contributed by atoms with van der Waals surface area (Å²) in [5, 5.41) is 46.5. The summed E-state index contributed by atoms with van der Waals surface area (Å²) in [5.74, 6) is -0.0723. The van der Waals surface area contributed by atoms with Gasteiger partial charge in [0.15, 0.2) is 0 Å². The number of rotatable bonds is 8. The summed E-state index contributed by atoms with van der Waals surface area (Å²) in [4.78, 5) is 13.8. The third kappa shape index (κ3) is 4.60. The van der Waals surface area contributed by atoms with Gasteiger partial charge in [0.1, 0.15) is 11.8 Å². The summed E-state index contributed by atoms with van der Waals surface area (Å²) in [6.45, 7) is 0.0657. The van der Waals surface area contributed by atoms with Crippen LogP contribution in [-0.4, -0.2) is 56.2 Å². The Kier molecular flexibility index (Phi) is 6.78. The zero-order valence-corrected chi connectivity index (χ0v) is 19.7. The number of carbonyl (C=O) groups is 1. The topological polar surface area (TPSA) is 113 Å². The lowest BCUT2D eigenvalue weighted by atomic mass is 9.95. The molecule has 5 atom stereocenters. The Labute approximate surface area is 210 Å². The third-order valence-corrected chi connectivity index (χ3v) is 7.21. The molecule has 0 aliphatic heterocycles. The molecule has 5 N–H and O–H groups in total. The molecule has 3 aromatic carbocycles. The quantitative estimate of drug-likeness (QED) is 0.331. The lowest BCUT2D eigenvalue weighted by molar-refractivity contribution is 0.0231. The molecule has 7 heteroatoms. The largest absolute Gasteiger partial charge is 0.510 e. The minimum atomic E-state index is -1.23. The van der Waals surface area contributed by atoms with Gasteiger partial charge in [0.05, 0.1) is 24.3 Å². The van der Waals surface area contributed by atoms with Crippen molar-refractivity contribution in [2.24, 2.45) is 0 Å². The maximum absolute atomic E-state index is 12.7. The van der Waals surface area contributed by atoms with E-state index in [2.05, 4.69) is 5.32 Å². The first kappa shape index (κ1) is 24.1. The number of aliphatic hydroxyl groups excluding tert-OH is 3. The molecule has 36 heavy (non-hydrogen) atoms. The zero-order valence-electron chi connectivity index (χ0n) is 19.7. The van der Waals surface area contributed by atoms with Crippen molar-refractivity contribution in [2.45, 2.75) is 43.2 Å². The first-order valence-corrected chi connectivity index (χ1v) is 12.2. The highest BCUT2D eigenvalue weighted by atomic mass is 16.4. The highest BCUT2D eigenvalue weighted by Crippen LogP contribution is 2.39. The van der Waals surface area contributed by atoms with Crippen LogP contribution in [0.25, 0.3) is 6.08 Å². The van der Waals surface area contributed by atoms with Gasteiger partial charge >= 0.3 is 6.09 Å². The molecule has 7 nitrogen and oxygen atoms in total. The van der Waals surface area contributed by atoms with E-state index in [-0.39, 0.29) is 24.8 Å². The minimum absolute atomic E-state index is 0.0657. The van der Waals surface area contributed by atoms with Crippen LogP contribution in [0.2, 0.25) is 0 Å². The fourth-order valence-corrected chi connectivity index (χ4v) is 5.50. The van der Waals surface area contributed by atoms with Gasteiger partial charge in [-0.3, -0.25) is 4.90 Å². The maximum atomic E-state index is 12.7. The van der Waals surface area contributed by atoms with E-state index in [1.54, 1.807) is 18.2 Å². The molecule has 2 aliphatic carbocycles. The van der Waals surface area contributed by atoms with Gasteiger partial charge in [-0.25, -0.2) is 4.79 Å². The van der Waals surface area contributed by atoms with E-state index in [0.29, 0.717) is 12.0 Å². The van der Waals surface area contributed by atoms with Crippen molar-refractivity contribution in [2.75, 3.05) is 6.54 Å². The van der Waals surface area contributed by atoms with Crippen LogP contribution in [-0.2, 0) is 12.8 Å². The van der Waals surface area contributed by atoms with Gasteiger partial charge in [-0.1, -0.05) is 78.9 Å². The molecule has 0 spiro atoms. The predicted octanol–water partition coefficient (Wildman–Crippen LogP) is 3.84. The second-order valence-electron chi connectivity index (χ2n) is 9.47. The van der Waals surface area contributed by atoms with Crippen molar-refractivity contribution in [3.63, 3.8) is 0 Å². The van der Waals surface area contributed by atoms with E-state index >= 15 is 0 Å². The molecule has 3 aromatic rings. The predicted molar refractivity (Wildman–Crippen MR) is 136 cm³/mol. The van der Waals surface area contributed by atoms with E-state index in [9.17, 15) is 25.2 Å². The van der Waals surface area contributed by atoms with Crippen LogP contribution in [0, 0.1) is 0 Å². The van der Waals surface area contributed by atoms with Crippen LogP contribution in [0.1, 0.15) is 39.9 Å². The molecular weight excluding hydrogens is 456 g/mol. The van der Waals surface area contributed by atoms with Gasteiger partial charge in [0, 0.05) is 13.0 Å². The summed E-state index contributed by atoms with van der Waals surface area (Å²) in [6, 6.07) is 22.3. The van der Waals surface area contributed by atoms with Gasteiger partial charge in [0.2, 0.25) is 0 Å². The molecule has 1 amide bonds. The molecule has 5 rings (SSSR count). The van der Waals surface area contributed by atoms with Crippen molar-refractivity contribution < 1.29 is 25.2 Å². The molecule has 0 bridgehead atoms. The molecular formula is C29H30N2O5. The number of hydrogen-bond donors (Lipinski definition) is 5. The van der Waals surface area contributed by atoms with E-state index in [0.717, 1.165) is 27.2 Å². The Morgan fingerprint density at radius 2 is 1.64 bits per heavy atom. The number of hydrogen-bond acceptors (Lipinski definition) is 5. The van der Waals surface area contributed by atoms with Crippen LogP contribution in [0.4, 0.5) is 4.79 Å².